The number of ether oxygens (including phenoxy) is 1. The van der Waals surface area contributed by atoms with E-state index in [0.717, 1.165) is 42.7 Å². The van der Waals surface area contributed by atoms with E-state index in [1.807, 2.05) is 25.1 Å². The molecule has 18 heavy (non-hydrogen) atoms. The van der Waals surface area contributed by atoms with Crippen LogP contribution in [0.4, 0.5) is 11.4 Å². The van der Waals surface area contributed by atoms with Gasteiger partial charge in [-0.05, 0) is 37.0 Å². The van der Waals surface area contributed by atoms with Crippen molar-refractivity contribution < 1.29 is 9.53 Å². The van der Waals surface area contributed by atoms with E-state index < -0.39 is 0 Å². The van der Waals surface area contributed by atoms with Crippen molar-refractivity contribution in [2.24, 2.45) is 0 Å². The molecule has 1 amide bonds. The Bertz CT molecular complexity index is 432. The van der Waals surface area contributed by atoms with E-state index in [-0.39, 0.29) is 12.5 Å². The molecule has 2 rings (SSSR count). The van der Waals surface area contributed by atoms with Gasteiger partial charge in [0.2, 0.25) is 0 Å². The predicted octanol–water partition coefficient (Wildman–Crippen LogP) is 1.97. The molecule has 98 valence electrons. The predicted molar refractivity (Wildman–Crippen MR) is 72.6 cm³/mol. The van der Waals surface area contributed by atoms with E-state index in [1.165, 1.54) is 0 Å². The fourth-order valence-corrected chi connectivity index (χ4v) is 2.29. The molecular weight excluding hydrogens is 228 g/mol. The van der Waals surface area contributed by atoms with Gasteiger partial charge in [-0.3, -0.25) is 4.79 Å². The van der Waals surface area contributed by atoms with Gasteiger partial charge >= 0.3 is 0 Å². The number of hydrogen-bond acceptors (Lipinski definition) is 3. The van der Waals surface area contributed by atoms with Crippen molar-refractivity contribution in [3.05, 3.63) is 23.8 Å². The van der Waals surface area contributed by atoms with E-state index in [1.54, 1.807) is 4.90 Å². The monoisotopic (exact) mass is 248 g/mol. The Morgan fingerprint density at radius 3 is 3.11 bits per heavy atom. The van der Waals surface area contributed by atoms with Crippen molar-refractivity contribution in [3.8, 4) is 0 Å². The quantitative estimate of drug-likeness (QED) is 0.654. The van der Waals surface area contributed by atoms with Gasteiger partial charge in [-0.2, -0.15) is 0 Å². The van der Waals surface area contributed by atoms with Crippen LogP contribution in [-0.2, 0) is 16.0 Å². The van der Waals surface area contributed by atoms with Gasteiger partial charge in [-0.25, -0.2) is 0 Å². The van der Waals surface area contributed by atoms with Crippen LogP contribution in [0.5, 0.6) is 0 Å². The van der Waals surface area contributed by atoms with Crippen molar-refractivity contribution in [1.29, 1.82) is 0 Å². The molecule has 0 saturated heterocycles. The van der Waals surface area contributed by atoms with Crippen LogP contribution < -0.4 is 10.6 Å². The number of benzene rings is 1. The van der Waals surface area contributed by atoms with Crippen LogP contribution in [0.2, 0.25) is 0 Å². The zero-order valence-corrected chi connectivity index (χ0v) is 10.8. The van der Waals surface area contributed by atoms with Gasteiger partial charge in [0.1, 0.15) is 6.61 Å². The van der Waals surface area contributed by atoms with E-state index in [2.05, 4.69) is 0 Å². The van der Waals surface area contributed by atoms with Gasteiger partial charge in [0, 0.05) is 24.5 Å². The van der Waals surface area contributed by atoms with Crippen LogP contribution in [-0.4, -0.2) is 25.7 Å². The summed E-state index contributed by atoms with van der Waals surface area (Å²) in [5, 5.41) is 0. The maximum atomic E-state index is 12.1. The Morgan fingerprint density at radius 2 is 2.33 bits per heavy atom. The first-order chi connectivity index (χ1) is 8.74. The standard InChI is InChI=1S/C14H20N2O2/c1-2-9-18-10-14(17)16-8-4-5-11-12(15)6-3-7-13(11)16/h3,6-7H,2,4-5,8-10,15H2,1H3. The summed E-state index contributed by atoms with van der Waals surface area (Å²) < 4.78 is 5.32. The van der Waals surface area contributed by atoms with Crippen molar-refractivity contribution in [3.63, 3.8) is 0 Å². The minimum Gasteiger partial charge on any atom is -0.398 e. The first-order valence-corrected chi connectivity index (χ1v) is 6.49. The molecule has 4 heteroatoms. The van der Waals surface area contributed by atoms with Gasteiger partial charge < -0.3 is 15.4 Å². The van der Waals surface area contributed by atoms with Gasteiger partial charge in [-0.1, -0.05) is 13.0 Å². The summed E-state index contributed by atoms with van der Waals surface area (Å²) in [6, 6.07) is 5.75. The Hall–Kier alpha value is -1.55. The number of rotatable bonds is 4. The first kappa shape index (κ1) is 12.9. The molecule has 0 aliphatic carbocycles. The molecule has 1 heterocycles. The molecule has 0 saturated carbocycles. The van der Waals surface area contributed by atoms with Crippen molar-refractivity contribution in [2.75, 3.05) is 30.4 Å². The third-order valence-corrected chi connectivity index (χ3v) is 3.16. The second-order valence-electron chi connectivity index (χ2n) is 4.55. The lowest BCUT2D eigenvalue weighted by molar-refractivity contribution is -0.123. The highest BCUT2D eigenvalue weighted by Gasteiger charge is 2.23. The maximum Gasteiger partial charge on any atom is 0.252 e. The van der Waals surface area contributed by atoms with Crippen molar-refractivity contribution >= 4 is 17.3 Å². The molecule has 1 aromatic carbocycles. The van der Waals surface area contributed by atoms with Crippen molar-refractivity contribution in [2.45, 2.75) is 26.2 Å². The van der Waals surface area contributed by atoms with Crippen LogP contribution >= 0.6 is 0 Å². The molecule has 0 spiro atoms. The number of nitrogens with two attached hydrogens (primary N) is 1. The van der Waals surface area contributed by atoms with Gasteiger partial charge in [0.05, 0.1) is 0 Å². The smallest absolute Gasteiger partial charge is 0.252 e. The molecule has 0 fully saturated rings. The number of nitrogens with zero attached hydrogens (tertiary/aromatic N) is 1. The van der Waals surface area contributed by atoms with Crippen LogP contribution in [0.1, 0.15) is 25.3 Å². The molecule has 1 aliphatic rings. The lowest BCUT2D eigenvalue weighted by Crippen LogP contribution is -2.38. The van der Waals surface area contributed by atoms with E-state index >= 15 is 0 Å². The second-order valence-corrected chi connectivity index (χ2v) is 4.55. The van der Waals surface area contributed by atoms with Crippen LogP contribution in [0.3, 0.4) is 0 Å². The largest absolute Gasteiger partial charge is 0.398 e. The fourth-order valence-electron chi connectivity index (χ4n) is 2.29. The highest BCUT2D eigenvalue weighted by molar-refractivity contribution is 5.96. The van der Waals surface area contributed by atoms with Gasteiger partial charge in [-0.15, -0.1) is 0 Å². The molecular formula is C14H20N2O2. The maximum absolute atomic E-state index is 12.1. The summed E-state index contributed by atoms with van der Waals surface area (Å²) in [5.74, 6) is 0.0231. The summed E-state index contributed by atoms with van der Waals surface area (Å²) >= 11 is 0. The number of amides is 1. The minimum atomic E-state index is 0.0231. The zero-order chi connectivity index (χ0) is 13.0. The summed E-state index contributed by atoms with van der Waals surface area (Å²) in [5.41, 5.74) is 8.77. The van der Waals surface area contributed by atoms with Crippen LogP contribution in [0.15, 0.2) is 18.2 Å². The number of hydrogen-bond donors (Lipinski definition) is 1. The fraction of sp³-hybridized carbons (Fsp3) is 0.500. The average molecular weight is 248 g/mol. The Kier molecular flexibility index (Phi) is 4.20. The topological polar surface area (TPSA) is 55.6 Å². The number of anilines is 2. The molecule has 2 N–H and O–H groups in total. The number of carbonyl (C=O) groups excluding carboxylic acids is 1. The summed E-state index contributed by atoms with van der Waals surface area (Å²) in [6.45, 7) is 3.57. The Labute approximate surface area is 108 Å². The third-order valence-electron chi connectivity index (χ3n) is 3.16. The SMILES string of the molecule is CCCOCC(=O)N1CCCc2c(N)cccc21. The second kappa shape index (κ2) is 5.87. The minimum absolute atomic E-state index is 0.0231. The number of nitrogen functional groups attached to an aromatic ring is 1. The normalized spacial score (nSPS) is 14.4. The molecule has 4 nitrogen and oxygen atoms in total. The molecule has 0 unspecified atom stereocenters. The Morgan fingerprint density at radius 1 is 1.50 bits per heavy atom. The molecule has 0 radical (unpaired) electrons. The van der Waals surface area contributed by atoms with Gasteiger partial charge in [0.15, 0.2) is 0 Å². The highest BCUT2D eigenvalue weighted by atomic mass is 16.5. The van der Waals surface area contributed by atoms with Crippen LogP contribution in [0, 0.1) is 0 Å². The highest BCUT2D eigenvalue weighted by Crippen LogP contribution is 2.31. The third kappa shape index (κ3) is 2.64. The number of carbonyl (C=O) groups is 1. The van der Waals surface area contributed by atoms with Crippen LogP contribution in [0.25, 0.3) is 0 Å². The van der Waals surface area contributed by atoms with E-state index in [0.29, 0.717) is 6.61 Å². The molecule has 1 aromatic rings. The molecule has 0 aromatic heterocycles. The van der Waals surface area contributed by atoms with Crippen molar-refractivity contribution in [1.82, 2.24) is 0 Å². The lowest BCUT2D eigenvalue weighted by atomic mass is 10.00. The summed E-state index contributed by atoms with van der Waals surface area (Å²) in [6.07, 6.45) is 2.83. The van der Waals surface area contributed by atoms with E-state index in [4.69, 9.17) is 10.5 Å². The summed E-state index contributed by atoms with van der Waals surface area (Å²) in [4.78, 5) is 13.9. The first-order valence-electron chi connectivity index (χ1n) is 6.49. The van der Waals surface area contributed by atoms with Gasteiger partial charge in [0.25, 0.3) is 5.91 Å². The number of fused-ring (bicyclic) bond motifs is 1. The van der Waals surface area contributed by atoms with E-state index in [9.17, 15) is 4.79 Å². The molecule has 0 bridgehead atoms. The summed E-state index contributed by atoms with van der Waals surface area (Å²) in [7, 11) is 0. The zero-order valence-electron chi connectivity index (χ0n) is 10.8. The lowest BCUT2D eigenvalue weighted by Gasteiger charge is -2.30. The Balaban J connectivity index is 2.12. The molecule has 1 aliphatic heterocycles. The molecule has 0 atom stereocenters. The average Bonchev–Trinajstić information content (AvgIpc) is 2.39.